The minimum Gasteiger partial charge on any atom is -0.481 e. The molecular weight excluding hydrogens is 833 g/mol. The number of hydrogen-bond acceptors (Lipinski definition) is 11. The third-order valence-corrected chi connectivity index (χ3v) is 11.9. The second-order valence-corrected chi connectivity index (χ2v) is 17.1. The zero-order valence-corrected chi connectivity index (χ0v) is 35.7. The highest BCUT2D eigenvalue weighted by Crippen LogP contribution is 2.25. The van der Waals surface area contributed by atoms with Crippen molar-refractivity contribution in [2.75, 3.05) is 31.1 Å². The van der Waals surface area contributed by atoms with Crippen LogP contribution in [0.5, 0.6) is 0 Å². The first-order chi connectivity index (χ1) is 30.1. The lowest BCUT2D eigenvalue weighted by molar-refractivity contribution is -0.143. The minimum absolute atomic E-state index is 0.104. The van der Waals surface area contributed by atoms with Gasteiger partial charge < -0.3 is 46.3 Å². The zero-order chi connectivity index (χ0) is 45.2. The number of carboxylic acid groups (broad SMARTS) is 2. The molecule has 18 nitrogen and oxygen atoms in total. The molecule has 0 spiro atoms. The van der Waals surface area contributed by atoms with Crippen LogP contribution in [0.2, 0.25) is 0 Å². The molecule has 4 aromatic rings. The van der Waals surface area contributed by atoms with Gasteiger partial charge in [-0.25, -0.2) is 0 Å². The summed E-state index contributed by atoms with van der Waals surface area (Å²) in [5, 5.41) is 35.6. The number of ketones is 1. The Balaban J connectivity index is 1.37. The Bertz CT molecular complexity index is 2260. The summed E-state index contributed by atoms with van der Waals surface area (Å²) in [6.07, 6.45) is -2.45. The van der Waals surface area contributed by atoms with Crippen LogP contribution in [0.1, 0.15) is 56.1 Å². The van der Waals surface area contributed by atoms with Crippen LogP contribution >= 0.6 is 11.3 Å². The molecule has 334 valence electrons. The van der Waals surface area contributed by atoms with Crippen molar-refractivity contribution in [2.45, 2.75) is 82.2 Å². The summed E-state index contributed by atoms with van der Waals surface area (Å²) >= 11 is 1.14. The van der Waals surface area contributed by atoms with Gasteiger partial charge >= 0.3 is 11.9 Å². The second kappa shape index (κ2) is 21.0. The maximum atomic E-state index is 14.6. The van der Waals surface area contributed by atoms with Gasteiger partial charge in [0.25, 0.3) is 0 Å². The van der Waals surface area contributed by atoms with Gasteiger partial charge in [0.05, 0.1) is 37.4 Å². The van der Waals surface area contributed by atoms with Gasteiger partial charge in [-0.3, -0.25) is 43.7 Å². The van der Waals surface area contributed by atoms with Crippen LogP contribution in [0.4, 0.5) is 5.69 Å². The average Bonchev–Trinajstić information content (AvgIpc) is 3.94. The highest BCUT2D eigenvalue weighted by molar-refractivity contribution is 7.10. The van der Waals surface area contributed by atoms with Gasteiger partial charge in [0.15, 0.2) is 5.78 Å². The number of piperazine rings is 1. The molecule has 2 fully saturated rings. The fraction of sp³-hybridized carbons (Fsp3) is 0.409. The number of para-hydroxylation sites is 2. The van der Waals surface area contributed by atoms with Gasteiger partial charge in [0.2, 0.25) is 29.5 Å². The number of thiophene rings is 1. The fourth-order valence-corrected chi connectivity index (χ4v) is 8.58. The number of carbonyl (C=O) groups excluding carboxylic acids is 6. The van der Waals surface area contributed by atoms with Crippen LogP contribution in [0.15, 0.2) is 78.2 Å². The first kappa shape index (κ1) is 45.9. The Labute approximate surface area is 367 Å². The van der Waals surface area contributed by atoms with Crippen LogP contribution in [-0.4, -0.2) is 124 Å². The van der Waals surface area contributed by atoms with Gasteiger partial charge in [0, 0.05) is 54.4 Å². The largest absolute Gasteiger partial charge is 0.481 e. The standard InChI is InChI=1S/C44H52N8O10S/c1-25(2)19-30-40(58)39(35-13-8-18-63-35)50-44(62)34(24-38(56)57)49-42(60)32(22-36(53)52-16-14-51(15-17-52)28-10-4-3-5-11-28)48-43(61)33(23-37(54)55)46-31(41(59)47-30)21-27-20-26-9-6-7-12-29(26)45-27/h3-13,18,20,25,30-34,39,45-46H,14-17,19,21-24H2,1-2H3,(H,47,59)(H,48,61)(H,49,60)(H,50,62)(H,54,55)(H,56,57)/t30?,31?,32-,33+,34-,39+/m0/s1. The number of nitrogens with zero attached hydrogens (tertiary/aromatic N) is 2. The molecule has 2 unspecified atom stereocenters. The number of carbonyl (C=O) groups is 8. The van der Waals surface area contributed by atoms with Crippen molar-refractivity contribution in [3.63, 3.8) is 0 Å². The molecule has 5 amide bonds. The highest BCUT2D eigenvalue weighted by atomic mass is 32.1. The number of amides is 5. The number of anilines is 1. The van der Waals surface area contributed by atoms with Crippen LogP contribution in [0.25, 0.3) is 10.9 Å². The maximum Gasteiger partial charge on any atom is 0.305 e. The summed E-state index contributed by atoms with van der Waals surface area (Å²) in [7, 11) is 0. The first-order valence-electron chi connectivity index (χ1n) is 20.8. The van der Waals surface area contributed by atoms with Crippen LogP contribution in [0.3, 0.4) is 0 Å². The predicted octanol–water partition coefficient (Wildman–Crippen LogP) is 1.73. The lowest BCUT2D eigenvalue weighted by Crippen LogP contribution is -2.62. The summed E-state index contributed by atoms with van der Waals surface area (Å²) in [6, 6.07) is 12.8. The van der Waals surface area contributed by atoms with Crippen molar-refractivity contribution >= 4 is 75.2 Å². The van der Waals surface area contributed by atoms with E-state index in [-0.39, 0.29) is 31.8 Å². The molecule has 4 heterocycles. The van der Waals surface area contributed by atoms with E-state index in [1.54, 1.807) is 23.6 Å². The van der Waals surface area contributed by atoms with Crippen molar-refractivity contribution in [2.24, 2.45) is 5.92 Å². The van der Waals surface area contributed by atoms with Gasteiger partial charge in [-0.1, -0.05) is 56.3 Å². The van der Waals surface area contributed by atoms with Crippen LogP contribution in [0, 0.1) is 5.92 Å². The number of nitrogens with one attached hydrogen (secondary N) is 6. The van der Waals surface area contributed by atoms with E-state index in [4.69, 9.17) is 0 Å². The van der Waals surface area contributed by atoms with Crippen LogP contribution in [-0.2, 0) is 44.8 Å². The zero-order valence-electron chi connectivity index (χ0n) is 34.9. The molecule has 2 saturated heterocycles. The monoisotopic (exact) mass is 884 g/mol. The van der Waals surface area contributed by atoms with E-state index in [0.717, 1.165) is 27.9 Å². The Morgan fingerprint density at radius 3 is 1.90 bits per heavy atom. The van der Waals surface area contributed by atoms with Crippen molar-refractivity contribution in [1.82, 2.24) is 36.5 Å². The molecule has 8 N–H and O–H groups in total. The van der Waals surface area contributed by atoms with E-state index in [9.17, 15) is 48.6 Å². The van der Waals surface area contributed by atoms with Crippen molar-refractivity contribution in [3.8, 4) is 0 Å². The SMILES string of the molecule is CC(C)CC1NC(=O)C(Cc2cc3ccccc3[nH]2)N[C@H](CC(=O)O)C(=O)N[C@@H](CC(=O)N2CCN(c3ccccc3)CC2)C(=O)N[C@@H](CC(=O)O)C(=O)N[C@H](c2cccs2)C1=O. The lowest BCUT2D eigenvalue weighted by Gasteiger charge is -2.36. The molecule has 0 aliphatic carbocycles. The molecule has 2 aromatic heterocycles. The topological polar surface area (TPSA) is 259 Å². The quantitative estimate of drug-likeness (QED) is 0.101. The lowest BCUT2D eigenvalue weighted by atomic mass is 9.94. The molecule has 0 saturated carbocycles. The number of benzene rings is 2. The summed E-state index contributed by atoms with van der Waals surface area (Å²) in [4.78, 5) is 117. The summed E-state index contributed by atoms with van der Waals surface area (Å²) in [5.41, 5.74) is 2.26. The number of aliphatic carboxylic acids is 2. The second-order valence-electron chi connectivity index (χ2n) is 16.1. The molecule has 6 rings (SSSR count). The normalized spacial score (nSPS) is 23.2. The number of aromatic nitrogens is 1. The number of Topliss-reactive ketones (excluding diaryl/α,β-unsaturated/α-hetero) is 1. The highest BCUT2D eigenvalue weighted by Gasteiger charge is 2.39. The number of fused-ring (bicyclic) bond motifs is 1. The third kappa shape index (κ3) is 12.3. The smallest absolute Gasteiger partial charge is 0.305 e. The number of carboxylic acids is 2. The first-order valence-corrected chi connectivity index (χ1v) is 21.7. The predicted molar refractivity (Wildman–Crippen MR) is 233 cm³/mol. The van der Waals surface area contributed by atoms with Crippen molar-refractivity contribution in [3.05, 3.63) is 88.7 Å². The van der Waals surface area contributed by atoms with Crippen molar-refractivity contribution in [1.29, 1.82) is 0 Å². The van der Waals surface area contributed by atoms with Crippen LogP contribution < -0.4 is 31.5 Å². The number of hydrogen-bond donors (Lipinski definition) is 8. The van der Waals surface area contributed by atoms with Gasteiger partial charge in [0.1, 0.15) is 18.1 Å². The summed E-state index contributed by atoms with van der Waals surface area (Å²) < 4.78 is 0. The molecule has 6 atom stereocenters. The van der Waals surface area contributed by atoms with Gasteiger partial charge in [-0.15, -0.1) is 11.3 Å². The Hall–Kier alpha value is -6.60. The van der Waals surface area contributed by atoms with Crippen molar-refractivity contribution < 1.29 is 48.6 Å². The molecule has 19 heteroatoms. The van der Waals surface area contributed by atoms with E-state index < -0.39 is 103 Å². The number of H-pyrrole nitrogens is 1. The average molecular weight is 885 g/mol. The van der Waals surface area contributed by atoms with E-state index in [1.807, 2.05) is 68.4 Å². The summed E-state index contributed by atoms with van der Waals surface area (Å²) in [6.45, 7) is 5.12. The van der Waals surface area contributed by atoms with E-state index in [2.05, 4.69) is 36.5 Å². The van der Waals surface area contributed by atoms with E-state index in [1.165, 1.54) is 4.90 Å². The molecule has 0 bridgehead atoms. The van der Waals surface area contributed by atoms with Gasteiger partial charge in [-0.2, -0.15) is 0 Å². The fourth-order valence-electron chi connectivity index (χ4n) is 7.80. The Morgan fingerprint density at radius 2 is 1.27 bits per heavy atom. The Kier molecular flexibility index (Phi) is 15.3. The number of rotatable bonds is 12. The maximum absolute atomic E-state index is 14.6. The molecule has 63 heavy (non-hydrogen) atoms. The Morgan fingerprint density at radius 1 is 0.683 bits per heavy atom. The molecule has 0 radical (unpaired) electrons. The molecule has 2 aliphatic heterocycles. The molecular formula is C44H52N8O10S. The van der Waals surface area contributed by atoms with E-state index >= 15 is 0 Å². The molecule has 2 aliphatic rings. The third-order valence-electron chi connectivity index (χ3n) is 11.0. The summed E-state index contributed by atoms with van der Waals surface area (Å²) in [5.74, 6) is -8.23. The molecule has 2 aromatic carbocycles. The van der Waals surface area contributed by atoms with Gasteiger partial charge in [-0.05, 0) is 53.4 Å². The minimum atomic E-state index is -1.80. The van der Waals surface area contributed by atoms with E-state index in [0.29, 0.717) is 23.7 Å². The number of aromatic amines is 1.